The van der Waals surface area contributed by atoms with E-state index in [1.54, 1.807) is 0 Å². The van der Waals surface area contributed by atoms with E-state index in [4.69, 9.17) is 4.74 Å². The molecule has 112 valence electrons. The Kier molecular flexibility index (Phi) is 6.17. The van der Waals surface area contributed by atoms with Crippen molar-refractivity contribution in [3.8, 4) is 0 Å². The summed E-state index contributed by atoms with van der Waals surface area (Å²) >= 11 is 0. The molecule has 0 aliphatic carbocycles. The zero-order valence-corrected chi connectivity index (χ0v) is 13.2. The summed E-state index contributed by atoms with van der Waals surface area (Å²) in [4.78, 5) is 13.6. The molecule has 0 unspecified atom stereocenters. The number of carbonyl (C=O) groups is 1. The van der Waals surface area contributed by atoms with Crippen LogP contribution in [0.15, 0.2) is 24.3 Å². The molecule has 0 saturated carbocycles. The van der Waals surface area contributed by atoms with Crippen molar-refractivity contribution < 1.29 is 9.53 Å². The highest BCUT2D eigenvalue weighted by molar-refractivity contribution is 5.72. The SMILES string of the molecule is COC(=O)Cc1ccccc1CNCC(C)(C)N(C)C. The summed E-state index contributed by atoms with van der Waals surface area (Å²) in [6, 6.07) is 7.97. The number of nitrogens with zero attached hydrogens (tertiary/aromatic N) is 1. The third-order valence-electron chi connectivity index (χ3n) is 3.76. The first kappa shape index (κ1) is 16.7. The van der Waals surface area contributed by atoms with Crippen molar-refractivity contribution >= 4 is 5.97 Å². The fourth-order valence-corrected chi connectivity index (χ4v) is 1.79. The Balaban J connectivity index is 2.62. The minimum Gasteiger partial charge on any atom is -0.469 e. The number of nitrogens with one attached hydrogen (secondary N) is 1. The van der Waals surface area contributed by atoms with Gasteiger partial charge in [-0.2, -0.15) is 0 Å². The molecule has 1 aromatic carbocycles. The van der Waals surface area contributed by atoms with Gasteiger partial charge >= 0.3 is 5.97 Å². The molecule has 1 rings (SSSR count). The van der Waals surface area contributed by atoms with Crippen LogP contribution >= 0.6 is 0 Å². The van der Waals surface area contributed by atoms with E-state index in [1.807, 2.05) is 24.3 Å². The maximum atomic E-state index is 11.4. The molecule has 20 heavy (non-hydrogen) atoms. The van der Waals surface area contributed by atoms with Crippen LogP contribution in [0.2, 0.25) is 0 Å². The number of hydrogen-bond acceptors (Lipinski definition) is 4. The number of rotatable bonds is 7. The van der Waals surface area contributed by atoms with Crippen molar-refractivity contribution in [3.05, 3.63) is 35.4 Å². The monoisotopic (exact) mass is 278 g/mol. The second-order valence-electron chi connectivity index (χ2n) is 5.83. The molecule has 0 fully saturated rings. The molecule has 4 heteroatoms. The number of esters is 1. The fraction of sp³-hybridized carbons (Fsp3) is 0.562. The van der Waals surface area contributed by atoms with Gasteiger partial charge in [0.15, 0.2) is 0 Å². The normalized spacial score (nSPS) is 11.7. The smallest absolute Gasteiger partial charge is 0.309 e. The molecule has 0 aromatic heterocycles. The predicted molar refractivity (Wildman–Crippen MR) is 81.6 cm³/mol. The van der Waals surface area contributed by atoms with Crippen LogP contribution < -0.4 is 5.32 Å². The Bertz CT molecular complexity index is 442. The second-order valence-corrected chi connectivity index (χ2v) is 5.83. The van der Waals surface area contributed by atoms with Crippen LogP contribution in [0.25, 0.3) is 0 Å². The lowest BCUT2D eigenvalue weighted by atomic mass is 10.0. The van der Waals surface area contributed by atoms with Crippen molar-refractivity contribution in [1.82, 2.24) is 10.2 Å². The Labute approximate surface area is 122 Å². The third kappa shape index (κ3) is 4.94. The molecule has 1 N–H and O–H groups in total. The molecule has 0 bridgehead atoms. The van der Waals surface area contributed by atoms with E-state index >= 15 is 0 Å². The third-order valence-corrected chi connectivity index (χ3v) is 3.76. The molecular formula is C16H26N2O2. The van der Waals surface area contributed by atoms with Gasteiger partial charge in [0, 0.05) is 18.6 Å². The quantitative estimate of drug-likeness (QED) is 0.773. The summed E-state index contributed by atoms with van der Waals surface area (Å²) < 4.78 is 4.73. The van der Waals surface area contributed by atoms with Gasteiger partial charge in [-0.3, -0.25) is 4.79 Å². The standard InChI is InChI=1S/C16H26N2O2/c1-16(2,18(3)4)12-17-11-14-9-7-6-8-13(14)10-15(19)20-5/h6-9,17H,10-12H2,1-5H3. The highest BCUT2D eigenvalue weighted by Gasteiger charge is 2.19. The first-order chi connectivity index (χ1) is 9.36. The lowest BCUT2D eigenvalue weighted by Gasteiger charge is -2.32. The maximum absolute atomic E-state index is 11.4. The van der Waals surface area contributed by atoms with Crippen molar-refractivity contribution in [3.63, 3.8) is 0 Å². The average molecular weight is 278 g/mol. The molecule has 1 aromatic rings. The van der Waals surface area contributed by atoms with E-state index in [-0.39, 0.29) is 11.5 Å². The van der Waals surface area contributed by atoms with Gasteiger partial charge in [0.2, 0.25) is 0 Å². The highest BCUT2D eigenvalue weighted by atomic mass is 16.5. The highest BCUT2D eigenvalue weighted by Crippen LogP contribution is 2.12. The summed E-state index contributed by atoms with van der Waals surface area (Å²) in [7, 11) is 5.57. The molecule has 0 spiro atoms. The molecule has 0 atom stereocenters. The number of carbonyl (C=O) groups excluding carboxylic acids is 1. The number of ether oxygens (including phenoxy) is 1. The second kappa shape index (κ2) is 7.41. The summed E-state index contributed by atoms with van der Waals surface area (Å²) in [6.07, 6.45) is 0.325. The first-order valence-corrected chi connectivity index (χ1v) is 6.88. The fourth-order valence-electron chi connectivity index (χ4n) is 1.79. The van der Waals surface area contributed by atoms with Crippen LogP contribution in [-0.2, 0) is 22.5 Å². The van der Waals surface area contributed by atoms with Gasteiger partial charge < -0.3 is 15.0 Å². The van der Waals surface area contributed by atoms with Crippen molar-refractivity contribution in [2.75, 3.05) is 27.7 Å². The number of hydrogen-bond donors (Lipinski definition) is 1. The molecule has 0 radical (unpaired) electrons. The topological polar surface area (TPSA) is 41.6 Å². The van der Waals surface area contributed by atoms with Gasteiger partial charge in [0.05, 0.1) is 13.5 Å². The zero-order valence-electron chi connectivity index (χ0n) is 13.2. The van der Waals surface area contributed by atoms with E-state index < -0.39 is 0 Å². The molecular weight excluding hydrogens is 252 g/mol. The van der Waals surface area contributed by atoms with Crippen LogP contribution in [-0.4, -0.2) is 44.2 Å². The summed E-state index contributed by atoms with van der Waals surface area (Å²) in [5, 5.41) is 3.46. The van der Waals surface area contributed by atoms with E-state index in [0.717, 1.165) is 24.2 Å². The molecule has 0 saturated heterocycles. The average Bonchev–Trinajstić information content (AvgIpc) is 2.40. The van der Waals surface area contributed by atoms with Gasteiger partial charge in [-0.05, 0) is 39.1 Å². The minimum atomic E-state index is -0.203. The van der Waals surface area contributed by atoms with E-state index in [9.17, 15) is 4.79 Å². The zero-order chi connectivity index (χ0) is 15.2. The maximum Gasteiger partial charge on any atom is 0.309 e. The van der Waals surface area contributed by atoms with Crippen LogP contribution in [0, 0.1) is 0 Å². The molecule has 0 amide bonds. The molecule has 0 aliphatic heterocycles. The van der Waals surface area contributed by atoms with E-state index in [1.165, 1.54) is 7.11 Å². The predicted octanol–water partition coefficient (Wildman–Crippen LogP) is 1.83. The van der Waals surface area contributed by atoms with Crippen LogP contribution in [0.1, 0.15) is 25.0 Å². The largest absolute Gasteiger partial charge is 0.469 e. The minimum absolute atomic E-state index is 0.0945. The van der Waals surface area contributed by atoms with Gasteiger partial charge in [0.1, 0.15) is 0 Å². The Morgan fingerprint density at radius 1 is 1.25 bits per heavy atom. The first-order valence-electron chi connectivity index (χ1n) is 6.88. The lowest BCUT2D eigenvalue weighted by Crippen LogP contribution is -2.46. The van der Waals surface area contributed by atoms with Crippen LogP contribution in [0.5, 0.6) is 0 Å². The van der Waals surface area contributed by atoms with Gasteiger partial charge in [-0.25, -0.2) is 0 Å². The summed E-state index contributed by atoms with van der Waals surface area (Å²) in [5.74, 6) is -0.203. The number of methoxy groups -OCH3 is 1. The van der Waals surface area contributed by atoms with Crippen molar-refractivity contribution in [1.29, 1.82) is 0 Å². The number of benzene rings is 1. The molecule has 0 heterocycles. The molecule has 4 nitrogen and oxygen atoms in total. The lowest BCUT2D eigenvalue weighted by molar-refractivity contribution is -0.139. The summed E-state index contributed by atoms with van der Waals surface area (Å²) in [5.41, 5.74) is 2.26. The van der Waals surface area contributed by atoms with E-state index in [2.05, 4.69) is 38.2 Å². The van der Waals surface area contributed by atoms with Gasteiger partial charge in [0.25, 0.3) is 0 Å². The Hall–Kier alpha value is -1.39. The van der Waals surface area contributed by atoms with Crippen LogP contribution in [0.3, 0.4) is 0 Å². The Morgan fingerprint density at radius 2 is 1.85 bits per heavy atom. The van der Waals surface area contributed by atoms with Crippen LogP contribution in [0.4, 0.5) is 0 Å². The number of likely N-dealkylation sites (N-methyl/N-ethyl adjacent to an activating group) is 1. The van der Waals surface area contributed by atoms with Crippen molar-refractivity contribution in [2.45, 2.75) is 32.4 Å². The van der Waals surface area contributed by atoms with Gasteiger partial charge in [-0.1, -0.05) is 24.3 Å². The van der Waals surface area contributed by atoms with Crippen molar-refractivity contribution in [2.24, 2.45) is 0 Å². The van der Waals surface area contributed by atoms with Gasteiger partial charge in [-0.15, -0.1) is 0 Å². The summed E-state index contributed by atoms with van der Waals surface area (Å²) in [6.45, 7) is 6.03. The van der Waals surface area contributed by atoms with E-state index in [0.29, 0.717) is 6.42 Å². The molecule has 0 aliphatic rings. The Morgan fingerprint density at radius 3 is 2.40 bits per heavy atom.